The average molecular weight is 333 g/mol. The van der Waals surface area contributed by atoms with Gasteiger partial charge in [-0.1, -0.05) is 19.9 Å². The lowest BCUT2D eigenvalue weighted by atomic mass is 10.0. The van der Waals surface area contributed by atoms with Gasteiger partial charge in [0.25, 0.3) is 15.5 Å². The van der Waals surface area contributed by atoms with Crippen LogP contribution in [0, 0.1) is 16.0 Å². The van der Waals surface area contributed by atoms with Crippen LogP contribution in [0.5, 0.6) is 5.75 Å². The van der Waals surface area contributed by atoms with Crippen molar-refractivity contribution < 1.29 is 24.4 Å². The standard InChI is InChI=1S/C15H15NO6Si/c1-8(2)15(18)22-7-10-5-11-9(6-12(10)16(19)20)3-4-13(17)14(11)23-21/h3-6,8,17,21H,7H2,1-2H3. The third-order valence-electron chi connectivity index (χ3n) is 3.35. The Morgan fingerprint density at radius 2 is 2.09 bits per heavy atom. The van der Waals surface area contributed by atoms with Gasteiger partial charge in [-0.05, 0) is 22.9 Å². The maximum Gasteiger partial charge on any atom is 0.308 e. The predicted molar refractivity (Wildman–Crippen MR) is 84.5 cm³/mol. The van der Waals surface area contributed by atoms with Gasteiger partial charge >= 0.3 is 5.97 Å². The maximum absolute atomic E-state index is 11.6. The molecule has 0 heterocycles. The maximum atomic E-state index is 11.6. The smallest absolute Gasteiger partial charge is 0.308 e. The molecule has 2 aromatic carbocycles. The third-order valence-corrected chi connectivity index (χ3v) is 4.10. The van der Waals surface area contributed by atoms with Crippen molar-refractivity contribution in [2.45, 2.75) is 20.5 Å². The minimum atomic E-state index is -0.664. The monoisotopic (exact) mass is 333 g/mol. The molecule has 2 radical (unpaired) electrons. The zero-order valence-electron chi connectivity index (χ0n) is 12.6. The number of nitro groups is 1. The number of fused-ring (bicyclic) bond motifs is 1. The first kappa shape index (κ1) is 16.9. The molecular formula is C15H15NO6Si. The zero-order chi connectivity index (χ0) is 17.1. The van der Waals surface area contributed by atoms with Crippen LogP contribution in [0.25, 0.3) is 10.8 Å². The van der Waals surface area contributed by atoms with Crippen molar-refractivity contribution in [2.75, 3.05) is 0 Å². The Morgan fingerprint density at radius 3 is 2.65 bits per heavy atom. The molecule has 120 valence electrons. The minimum Gasteiger partial charge on any atom is -0.508 e. The molecule has 0 aliphatic carbocycles. The van der Waals surface area contributed by atoms with Gasteiger partial charge in [0.2, 0.25) is 0 Å². The molecule has 0 unspecified atom stereocenters. The summed E-state index contributed by atoms with van der Waals surface area (Å²) in [6.45, 7) is 3.09. The number of nitrogens with zero attached hydrogens (tertiary/aromatic N) is 1. The van der Waals surface area contributed by atoms with Gasteiger partial charge in [0.05, 0.1) is 16.4 Å². The Labute approximate surface area is 134 Å². The summed E-state index contributed by atoms with van der Waals surface area (Å²) in [6, 6.07) is 5.73. The van der Waals surface area contributed by atoms with Crippen LogP contribution in [-0.2, 0) is 16.1 Å². The number of carbonyl (C=O) groups is 1. The van der Waals surface area contributed by atoms with Gasteiger partial charge in [-0.3, -0.25) is 14.9 Å². The van der Waals surface area contributed by atoms with Crippen molar-refractivity contribution >= 4 is 37.4 Å². The largest absolute Gasteiger partial charge is 0.508 e. The molecule has 7 nitrogen and oxygen atoms in total. The lowest BCUT2D eigenvalue weighted by molar-refractivity contribution is -0.385. The fourth-order valence-electron chi connectivity index (χ4n) is 2.11. The lowest BCUT2D eigenvalue weighted by Crippen LogP contribution is -2.16. The second-order valence-corrected chi connectivity index (χ2v) is 6.02. The van der Waals surface area contributed by atoms with Crippen LogP contribution in [-0.4, -0.2) is 30.6 Å². The molecule has 0 fully saturated rings. The zero-order valence-corrected chi connectivity index (χ0v) is 13.6. The number of benzene rings is 2. The summed E-state index contributed by atoms with van der Waals surface area (Å²) in [5, 5.41) is 22.3. The third kappa shape index (κ3) is 3.49. The first-order valence-electron chi connectivity index (χ1n) is 6.85. The molecule has 23 heavy (non-hydrogen) atoms. The van der Waals surface area contributed by atoms with E-state index in [2.05, 4.69) is 0 Å². The number of hydrogen-bond acceptors (Lipinski definition) is 6. The van der Waals surface area contributed by atoms with Crippen molar-refractivity contribution in [3.05, 3.63) is 39.9 Å². The molecule has 0 aromatic heterocycles. The van der Waals surface area contributed by atoms with Crippen molar-refractivity contribution in [2.24, 2.45) is 5.92 Å². The molecule has 0 aliphatic rings. The molecule has 0 amide bonds. The van der Waals surface area contributed by atoms with E-state index in [-0.39, 0.29) is 29.5 Å². The highest BCUT2D eigenvalue weighted by Gasteiger charge is 2.20. The molecule has 2 N–H and O–H groups in total. The van der Waals surface area contributed by atoms with Crippen molar-refractivity contribution in [1.29, 1.82) is 0 Å². The minimum absolute atomic E-state index is 0.0858. The lowest BCUT2D eigenvalue weighted by Gasteiger charge is -2.11. The van der Waals surface area contributed by atoms with Crippen LogP contribution in [0.4, 0.5) is 5.69 Å². The van der Waals surface area contributed by atoms with Gasteiger partial charge in [0.1, 0.15) is 12.4 Å². The summed E-state index contributed by atoms with van der Waals surface area (Å²) in [4.78, 5) is 31.7. The summed E-state index contributed by atoms with van der Waals surface area (Å²) in [7, 11) is -0.664. The Morgan fingerprint density at radius 1 is 1.39 bits per heavy atom. The van der Waals surface area contributed by atoms with E-state index >= 15 is 0 Å². The molecule has 8 heteroatoms. The average Bonchev–Trinajstić information content (AvgIpc) is 2.51. The van der Waals surface area contributed by atoms with Gasteiger partial charge in [-0.25, -0.2) is 0 Å². The van der Waals surface area contributed by atoms with E-state index in [0.29, 0.717) is 16.0 Å². The van der Waals surface area contributed by atoms with Crippen LogP contribution in [0.15, 0.2) is 24.3 Å². The van der Waals surface area contributed by atoms with Crippen LogP contribution < -0.4 is 5.19 Å². The van der Waals surface area contributed by atoms with Gasteiger partial charge < -0.3 is 14.6 Å². The Kier molecular flexibility index (Phi) is 4.97. The number of aromatic hydroxyl groups is 1. The van der Waals surface area contributed by atoms with Gasteiger partial charge in [0.15, 0.2) is 0 Å². The SMILES string of the molecule is CC(C)C(=O)OCc1cc2c([Si]O)c(O)ccc2cc1[N+](=O)[O-]. The van der Waals surface area contributed by atoms with Crippen molar-refractivity contribution in [3.63, 3.8) is 0 Å². The number of carbonyl (C=O) groups excluding carboxylic acids is 1. The first-order chi connectivity index (χ1) is 10.8. The van der Waals surface area contributed by atoms with Crippen LogP contribution in [0.2, 0.25) is 0 Å². The molecule has 2 rings (SSSR count). The summed E-state index contributed by atoms with van der Waals surface area (Å²) in [5.74, 6) is -0.884. The van der Waals surface area contributed by atoms with Gasteiger partial charge in [-0.2, -0.15) is 0 Å². The number of phenols is 1. The molecule has 0 saturated carbocycles. The molecule has 0 bridgehead atoms. The molecule has 0 aliphatic heterocycles. The Bertz CT molecular complexity index is 774. The Balaban J connectivity index is 2.54. The number of esters is 1. The van der Waals surface area contributed by atoms with Crippen molar-refractivity contribution in [3.8, 4) is 5.75 Å². The molecule has 0 atom stereocenters. The van der Waals surface area contributed by atoms with Crippen molar-refractivity contribution in [1.82, 2.24) is 0 Å². The van der Waals surface area contributed by atoms with E-state index in [1.165, 1.54) is 24.3 Å². The predicted octanol–water partition coefficient (Wildman–Crippen LogP) is 1.39. The number of ether oxygens (including phenoxy) is 1. The van der Waals surface area contributed by atoms with Crippen LogP contribution in [0.3, 0.4) is 0 Å². The quantitative estimate of drug-likeness (QED) is 0.370. The molecule has 2 aromatic rings. The van der Waals surface area contributed by atoms with Crippen LogP contribution in [0.1, 0.15) is 19.4 Å². The van der Waals surface area contributed by atoms with E-state index in [9.17, 15) is 24.8 Å². The first-order valence-corrected chi connectivity index (χ1v) is 7.79. The van der Waals surface area contributed by atoms with Crippen LogP contribution >= 0.6 is 0 Å². The molecular weight excluding hydrogens is 318 g/mol. The Hall–Kier alpha value is -2.45. The number of phenolic OH excluding ortho intramolecular Hbond substituents is 1. The van der Waals surface area contributed by atoms with E-state index in [0.717, 1.165) is 0 Å². The highest BCUT2D eigenvalue weighted by Crippen LogP contribution is 2.27. The normalized spacial score (nSPS) is 11.0. The number of rotatable bonds is 5. The second-order valence-electron chi connectivity index (χ2n) is 5.29. The van der Waals surface area contributed by atoms with E-state index in [1.807, 2.05) is 0 Å². The van der Waals surface area contributed by atoms with E-state index in [1.54, 1.807) is 13.8 Å². The summed E-state index contributed by atoms with van der Waals surface area (Å²) in [5.41, 5.74) is 0.0357. The number of nitro benzene ring substituents is 1. The summed E-state index contributed by atoms with van der Waals surface area (Å²) in [6.07, 6.45) is 0. The molecule has 0 spiro atoms. The van der Waals surface area contributed by atoms with Gasteiger partial charge in [-0.15, -0.1) is 0 Å². The van der Waals surface area contributed by atoms with Gasteiger partial charge in [0, 0.05) is 11.3 Å². The topological polar surface area (TPSA) is 110 Å². The summed E-state index contributed by atoms with van der Waals surface area (Å²) < 4.78 is 5.07. The van der Waals surface area contributed by atoms with E-state index in [4.69, 9.17) is 4.74 Å². The van der Waals surface area contributed by atoms with E-state index < -0.39 is 20.7 Å². The fraction of sp³-hybridized carbons (Fsp3) is 0.267. The highest BCUT2D eigenvalue weighted by molar-refractivity contribution is 6.51. The molecule has 0 saturated heterocycles. The highest BCUT2D eigenvalue weighted by atomic mass is 28.2. The second kappa shape index (κ2) is 6.76. The summed E-state index contributed by atoms with van der Waals surface area (Å²) >= 11 is 0. The number of hydrogen-bond donors (Lipinski definition) is 2. The fourth-order valence-corrected chi connectivity index (χ4v) is 2.65.